The number of aliphatic hydroxyl groups excluding tert-OH is 1. The van der Waals surface area contributed by atoms with Crippen LogP contribution in [-0.4, -0.2) is 35.4 Å². The summed E-state index contributed by atoms with van der Waals surface area (Å²) in [4.78, 5) is 3.59. The van der Waals surface area contributed by atoms with Gasteiger partial charge in [-0.1, -0.05) is 26.2 Å². The third-order valence-corrected chi connectivity index (χ3v) is 6.95. The average molecular weight is 328 g/mol. The maximum absolute atomic E-state index is 10.4. The summed E-state index contributed by atoms with van der Waals surface area (Å²) in [6.45, 7) is 3.21. The highest BCUT2D eigenvalue weighted by Crippen LogP contribution is 2.32. The molecule has 4 heteroatoms. The molecule has 120 valence electrons. The first-order chi connectivity index (χ1) is 10.2. The molecule has 1 fully saturated rings. The van der Waals surface area contributed by atoms with E-state index >= 15 is 0 Å². The second-order valence-corrected chi connectivity index (χ2v) is 8.59. The summed E-state index contributed by atoms with van der Waals surface area (Å²) in [7, 11) is 2.22. The Labute approximate surface area is 137 Å². The van der Waals surface area contributed by atoms with Gasteiger partial charge < -0.3 is 10.0 Å². The number of rotatable bonds is 8. The van der Waals surface area contributed by atoms with Crippen LogP contribution < -0.4 is 0 Å². The summed E-state index contributed by atoms with van der Waals surface area (Å²) in [5.74, 6) is 1.17. The largest absolute Gasteiger partial charge is 0.388 e. The van der Waals surface area contributed by atoms with Crippen LogP contribution in [0.1, 0.15) is 62.9 Å². The molecule has 0 aromatic carbocycles. The highest BCUT2D eigenvalue weighted by atomic mass is 32.2. The van der Waals surface area contributed by atoms with Crippen LogP contribution >= 0.6 is 23.1 Å². The lowest BCUT2D eigenvalue weighted by molar-refractivity contribution is 0.127. The highest BCUT2D eigenvalue weighted by Gasteiger charge is 2.19. The van der Waals surface area contributed by atoms with E-state index in [4.69, 9.17) is 0 Å². The SMILES string of the molecule is CCCSc1ccc(C(O)CCN(C)C2CCCCC2)s1. The fourth-order valence-electron chi connectivity index (χ4n) is 2.97. The minimum atomic E-state index is -0.294. The molecule has 0 radical (unpaired) electrons. The standard InChI is InChI=1S/C17H29NOS2/c1-3-13-20-17-10-9-16(21-17)15(19)11-12-18(2)14-7-5-4-6-8-14/h9-10,14-15,19H,3-8,11-13H2,1-2H3. The molecular weight excluding hydrogens is 298 g/mol. The van der Waals surface area contributed by atoms with Crippen LogP contribution in [0.15, 0.2) is 16.3 Å². The molecule has 1 saturated carbocycles. The summed E-state index contributed by atoms with van der Waals surface area (Å²) in [6.07, 6.45) is 8.59. The molecule has 1 heterocycles. The monoisotopic (exact) mass is 327 g/mol. The van der Waals surface area contributed by atoms with Crippen molar-refractivity contribution < 1.29 is 5.11 Å². The molecule has 0 saturated heterocycles. The van der Waals surface area contributed by atoms with Gasteiger partial charge in [0.1, 0.15) is 0 Å². The van der Waals surface area contributed by atoms with E-state index in [0.717, 1.165) is 23.9 Å². The van der Waals surface area contributed by atoms with Gasteiger partial charge in [-0.25, -0.2) is 0 Å². The summed E-state index contributed by atoms with van der Waals surface area (Å²) < 4.78 is 1.34. The zero-order valence-electron chi connectivity index (χ0n) is 13.4. The molecule has 1 unspecified atom stereocenters. The van der Waals surface area contributed by atoms with E-state index < -0.39 is 0 Å². The minimum Gasteiger partial charge on any atom is -0.388 e. The number of nitrogens with zero attached hydrogens (tertiary/aromatic N) is 1. The van der Waals surface area contributed by atoms with Crippen molar-refractivity contribution in [2.75, 3.05) is 19.3 Å². The second-order valence-electron chi connectivity index (χ2n) is 6.08. The molecule has 0 spiro atoms. The van der Waals surface area contributed by atoms with Gasteiger partial charge in [0.25, 0.3) is 0 Å². The van der Waals surface area contributed by atoms with Gasteiger partial charge in [0.15, 0.2) is 0 Å². The van der Waals surface area contributed by atoms with Crippen LogP contribution in [0.4, 0.5) is 0 Å². The van der Waals surface area contributed by atoms with Crippen molar-refractivity contribution in [1.29, 1.82) is 0 Å². The lowest BCUT2D eigenvalue weighted by Gasteiger charge is -2.31. The number of aliphatic hydroxyl groups is 1. The van der Waals surface area contributed by atoms with E-state index in [1.807, 2.05) is 11.8 Å². The maximum atomic E-state index is 10.4. The number of thioether (sulfide) groups is 1. The molecule has 1 aliphatic carbocycles. The maximum Gasteiger partial charge on any atom is 0.0894 e. The van der Waals surface area contributed by atoms with Gasteiger partial charge in [0, 0.05) is 17.5 Å². The second kappa shape index (κ2) is 9.19. The predicted octanol–water partition coefficient (Wildman–Crippen LogP) is 4.94. The molecule has 0 aliphatic heterocycles. The van der Waals surface area contributed by atoms with Gasteiger partial charge in [0.2, 0.25) is 0 Å². The third kappa shape index (κ3) is 5.59. The molecule has 2 rings (SSSR count). The molecule has 2 nitrogen and oxygen atoms in total. The predicted molar refractivity (Wildman–Crippen MR) is 94.4 cm³/mol. The topological polar surface area (TPSA) is 23.5 Å². The summed E-state index contributed by atoms with van der Waals surface area (Å²) in [6, 6.07) is 5.01. The van der Waals surface area contributed by atoms with Crippen molar-refractivity contribution in [2.24, 2.45) is 0 Å². The Bertz CT molecular complexity index is 401. The van der Waals surface area contributed by atoms with Crippen LogP contribution in [0.25, 0.3) is 0 Å². The number of thiophene rings is 1. The molecular formula is C17H29NOS2. The summed E-state index contributed by atoms with van der Waals surface area (Å²) in [5, 5.41) is 10.4. The fraction of sp³-hybridized carbons (Fsp3) is 0.765. The number of hydrogen-bond acceptors (Lipinski definition) is 4. The molecule has 1 aromatic rings. The summed E-state index contributed by atoms with van der Waals surface area (Å²) >= 11 is 3.67. The molecule has 0 amide bonds. The van der Waals surface area contributed by atoms with Crippen molar-refractivity contribution in [1.82, 2.24) is 4.90 Å². The van der Waals surface area contributed by atoms with E-state index in [2.05, 4.69) is 31.0 Å². The molecule has 1 atom stereocenters. The van der Waals surface area contributed by atoms with E-state index in [9.17, 15) is 5.11 Å². The first-order valence-electron chi connectivity index (χ1n) is 8.31. The van der Waals surface area contributed by atoms with Crippen LogP contribution in [0, 0.1) is 0 Å². The van der Waals surface area contributed by atoms with Crippen LogP contribution in [-0.2, 0) is 0 Å². The van der Waals surface area contributed by atoms with Crippen LogP contribution in [0.5, 0.6) is 0 Å². The first-order valence-corrected chi connectivity index (χ1v) is 10.1. The Morgan fingerprint density at radius 1 is 1.33 bits per heavy atom. The van der Waals surface area contributed by atoms with Gasteiger partial charge in [-0.3, -0.25) is 0 Å². The van der Waals surface area contributed by atoms with E-state index in [-0.39, 0.29) is 6.10 Å². The molecule has 1 aliphatic rings. The Balaban J connectivity index is 1.75. The Kier molecular flexibility index (Phi) is 7.58. The van der Waals surface area contributed by atoms with Gasteiger partial charge in [0.05, 0.1) is 10.3 Å². The lowest BCUT2D eigenvalue weighted by Crippen LogP contribution is -2.34. The van der Waals surface area contributed by atoms with Crippen LogP contribution in [0.3, 0.4) is 0 Å². The van der Waals surface area contributed by atoms with Crippen molar-refractivity contribution >= 4 is 23.1 Å². The van der Waals surface area contributed by atoms with Crippen molar-refractivity contribution in [3.8, 4) is 0 Å². The van der Waals surface area contributed by atoms with E-state index in [1.165, 1.54) is 48.5 Å². The average Bonchev–Trinajstić information content (AvgIpc) is 3.00. The fourth-order valence-corrected chi connectivity index (χ4v) is 5.07. The molecule has 1 aromatic heterocycles. The molecule has 21 heavy (non-hydrogen) atoms. The third-order valence-electron chi connectivity index (χ3n) is 4.33. The van der Waals surface area contributed by atoms with E-state index in [1.54, 1.807) is 11.3 Å². The molecule has 1 N–H and O–H groups in total. The summed E-state index contributed by atoms with van der Waals surface area (Å²) in [5.41, 5.74) is 0. The zero-order valence-corrected chi connectivity index (χ0v) is 15.0. The van der Waals surface area contributed by atoms with Gasteiger partial charge in [-0.15, -0.1) is 23.1 Å². The Morgan fingerprint density at radius 3 is 2.81 bits per heavy atom. The zero-order chi connectivity index (χ0) is 15.1. The quantitative estimate of drug-likeness (QED) is 0.684. The molecule has 0 bridgehead atoms. The van der Waals surface area contributed by atoms with Gasteiger partial charge in [-0.2, -0.15) is 0 Å². The smallest absolute Gasteiger partial charge is 0.0894 e. The normalized spacial score (nSPS) is 18.3. The Hall–Kier alpha value is -0.0300. The van der Waals surface area contributed by atoms with Crippen molar-refractivity contribution in [3.63, 3.8) is 0 Å². The Morgan fingerprint density at radius 2 is 2.10 bits per heavy atom. The van der Waals surface area contributed by atoms with Gasteiger partial charge in [-0.05, 0) is 50.6 Å². The van der Waals surface area contributed by atoms with Crippen LogP contribution in [0.2, 0.25) is 0 Å². The lowest BCUT2D eigenvalue weighted by atomic mass is 9.94. The van der Waals surface area contributed by atoms with Gasteiger partial charge >= 0.3 is 0 Å². The van der Waals surface area contributed by atoms with E-state index in [0.29, 0.717) is 0 Å². The van der Waals surface area contributed by atoms with Crippen molar-refractivity contribution in [3.05, 3.63) is 17.0 Å². The number of hydrogen-bond donors (Lipinski definition) is 1. The highest BCUT2D eigenvalue weighted by molar-refractivity contribution is 8.01. The minimum absolute atomic E-state index is 0.294. The first kappa shape index (κ1) is 17.3. The van der Waals surface area contributed by atoms with Crippen molar-refractivity contribution in [2.45, 2.75) is 68.2 Å².